The van der Waals surface area contributed by atoms with Crippen LogP contribution in [0.15, 0.2) is 54.9 Å². The lowest BCUT2D eigenvalue weighted by Gasteiger charge is -2.06. The molecule has 3 nitrogen and oxygen atoms in total. The van der Waals surface area contributed by atoms with Crippen LogP contribution in [-0.4, -0.2) is 6.54 Å². The molecule has 0 amide bonds. The summed E-state index contributed by atoms with van der Waals surface area (Å²) in [6.45, 7) is 0.809. The molecule has 0 unspecified atom stereocenters. The molecule has 4 heteroatoms. The van der Waals surface area contributed by atoms with Gasteiger partial charge in [0, 0.05) is 12.7 Å². The van der Waals surface area contributed by atoms with E-state index >= 15 is 0 Å². The highest BCUT2D eigenvalue weighted by Gasteiger charge is 1.98. The van der Waals surface area contributed by atoms with Crippen molar-refractivity contribution in [2.45, 2.75) is 6.42 Å². The highest BCUT2D eigenvalue weighted by Crippen LogP contribution is 2.18. The zero-order valence-electron chi connectivity index (χ0n) is 9.87. The minimum atomic E-state index is -0.333. The van der Waals surface area contributed by atoms with E-state index in [4.69, 9.17) is 0 Å². The Bertz CT molecular complexity index is 549. The van der Waals surface area contributed by atoms with Gasteiger partial charge in [-0.15, -0.1) is 0 Å². The normalized spacial score (nSPS) is 11.1. The van der Waals surface area contributed by atoms with Crippen molar-refractivity contribution in [3.05, 3.63) is 60.5 Å². The van der Waals surface area contributed by atoms with Gasteiger partial charge in [-0.2, -0.15) is 0 Å². The molecule has 0 aromatic heterocycles. The molecule has 0 saturated heterocycles. The fourth-order valence-electron chi connectivity index (χ4n) is 1.90. The fourth-order valence-corrected chi connectivity index (χ4v) is 2.01. The van der Waals surface area contributed by atoms with Crippen molar-refractivity contribution in [3.63, 3.8) is 0 Å². The standard InChI is InChI=1S/C14H14NO2P/c16-18-17-11-10-15-9-8-13-6-3-5-12-4-1-2-7-14(12)13/h1-7,10-11,15H,8-9H2. The number of hydrogen-bond acceptors (Lipinski definition) is 3. The van der Waals surface area contributed by atoms with Crippen LogP contribution in [0.25, 0.3) is 10.8 Å². The second-order valence-corrected chi connectivity index (χ2v) is 4.18. The van der Waals surface area contributed by atoms with Gasteiger partial charge in [0.05, 0.1) is 0 Å². The van der Waals surface area contributed by atoms with Gasteiger partial charge in [0.2, 0.25) is 0 Å². The molecule has 18 heavy (non-hydrogen) atoms. The van der Waals surface area contributed by atoms with Gasteiger partial charge in [0.1, 0.15) is 6.26 Å². The highest BCUT2D eigenvalue weighted by molar-refractivity contribution is 7.17. The van der Waals surface area contributed by atoms with Crippen molar-refractivity contribution in [2.24, 2.45) is 0 Å². The third-order valence-electron chi connectivity index (χ3n) is 2.71. The molecule has 0 heterocycles. The predicted octanol–water partition coefficient (Wildman–Crippen LogP) is 3.67. The first-order valence-corrected chi connectivity index (χ1v) is 6.48. The van der Waals surface area contributed by atoms with E-state index in [1.165, 1.54) is 22.6 Å². The quantitative estimate of drug-likeness (QED) is 0.488. The summed E-state index contributed by atoms with van der Waals surface area (Å²) in [5.74, 6) is 0. The Morgan fingerprint density at radius 3 is 2.89 bits per heavy atom. The van der Waals surface area contributed by atoms with Gasteiger partial charge in [-0.1, -0.05) is 42.5 Å². The summed E-state index contributed by atoms with van der Waals surface area (Å²) in [5.41, 5.74) is 1.32. The van der Waals surface area contributed by atoms with Gasteiger partial charge in [-0.05, 0) is 22.8 Å². The van der Waals surface area contributed by atoms with Gasteiger partial charge in [0.25, 0.3) is 0 Å². The summed E-state index contributed by atoms with van der Waals surface area (Å²) in [5, 5.41) is 5.64. The first kappa shape index (κ1) is 12.6. The van der Waals surface area contributed by atoms with E-state index in [9.17, 15) is 4.57 Å². The summed E-state index contributed by atoms with van der Waals surface area (Å²) in [4.78, 5) is 0. The molecule has 0 atom stereocenters. The van der Waals surface area contributed by atoms with Crippen molar-refractivity contribution in [2.75, 3.05) is 6.54 Å². The van der Waals surface area contributed by atoms with Crippen molar-refractivity contribution in [1.29, 1.82) is 0 Å². The molecule has 0 saturated carbocycles. The second kappa shape index (κ2) is 6.77. The molecular weight excluding hydrogens is 245 g/mol. The van der Waals surface area contributed by atoms with Crippen LogP contribution in [0.4, 0.5) is 0 Å². The Balaban J connectivity index is 1.97. The molecule has 1 N–H and O–H groups in total. The lowest BCUT2D eigenvalue weighted by atomic mass is 10.0. The monoisotopic (exact) mass is 259 g/mol. The van der Waals surface area contributed by atoms with Crippen LogP contribution >= 0.6 is 8.69 Å². The van der Waals surface area contributed by atoms with Crippen molar-refractivity contribution in [1.82, 2.24) is 5.32 Å². The third kappa shape index (κ3) is 3.31. The maximum absolute atomic E-state index is 10.0. The molecule has 2 rings (SSSR count). The molecule has 2 aromatic rings. The third-order valence-corrected chi connectivity index (χ3v) is 2.92. The van der Waals surface area contributed by atoms with Gasteiger partial charge < -0.3 is 9.84 Å². The second-order valence-electron chi connectivity index (χ2n) is 3.83. The van der Waals surface area contributed by atoms with E-state index in [0.717, 1.165) is 13.0 Å². The lowest BCUT2D eigenvalue weighted by Crippen LogP contribution is -2.09. The Labute approximate surface area is 108 Å². The van der Waals surface area contributed by atoms with Crippen LogP contribution in [0.5, 0.6) is 0 Å². The van der Waals surface area contributed by atoms with E-state index in [1.54, 1.807) is 6.20 Å². The molecule has 92 valence electrons. The Morgan fingerprint density at radius 1 is 1.17 bits per heavy atom. The summed E-state index contributed by atoms with van der Waals surface area (Å²) < 4.78 is 14.5. The van der Waals surface area contributed by atoms with Crippen molar-refractivity contribution in [3.8, 4) is 0 Å². The van der Waals surface area contributed by atoms with Gasteiger partial charge in [-0.25, -0.2) is 4.57 Å². The Kier molecular flexibility index (Phi) is 4.74. The smallest absolute Gasteiger partial charge is 0.395 e. The molecular formula is C14H14NO2P. The summed E-state index contributed by atoms with van der Waals surface area (Å²) in [6.07, 6.45) is 3.95. The van der Waals surface area contributed by atoms with E-state index in [2.05, 4.69) is 46.2 Å². The van der Waals surface area contributed by atoms with Crippen molar-refractivity contribution >= 4 is 19.5 Å². The number of hydrogen-bond donors (Lipinski definition) is 1. The predicted molar refractivity (Wildman–Crippen MR) is 73.5 cm³/mol. The fraction of sp³-hybridized carbons (Fsp3) is 0.143. The summed E-state index contributed by atoms with van der Waals surface area (Å²) in [6, 6.07) is 14.7. The average Bonchev–Trinajstić information content (AvgIpc) is 2.43. The van der Waals surface area contributed by atoms with Gasteiger partial charge in [-0.3, -0.25) is 0 Å². The molecule has 0 bridgehead atoms. The first-order valence-electron chi connectivity index (χ1n) is 5.75. The lowest BCUT2D eigenvalue weighted by molar-refractivity contribution is 0.480. The Hall–Kier alpha value is -1.86. The minimum absolute atomic E-state index is 0.333. The van der Waals surface area contributed by atoms with E-state index in [1.807, 2.05) is 6.07 Å². The molecule has 0 spiro atoms. The molecule has 0 aliphatic carbocycles. The average molecular weight is 259 g/mol. The van der Waals surface area contributed by atoms with Crippen LogP contribution in [0.1, 0.15) is 5.56 Å². The van der Waals surface area contributed by atoms with Crippen LogP contribution in [-0.2, 0) is 15.5 Å². The van der Waals surface area contributed by atoms with Crippen LogP contribution in [0, 0.1) is 0 Å². The van der Waals surface area contributed by atoms with Crippen LogP contribution in [0.3, 0.4) is 0 Å². The minimum Gasteiger partial charge on any atom is -0.414 e. The van der Waals surface area contributed by atoms with E-state index in [-0.39, 0.29) is 8.69 Å². The van der Waals surface area contributed by atoms with Crippen molar-refractivity contribution < 1.29 is 9.09 Å². The summed E-state index contributed by atoms with van der Waals surface area (Å²) >= 11 is 0. The zero-order valence-corrected chi connectivity index (χ0v) is 10.8. The summed E-state index contributed by atoms with van der Waals surface area (Å²) in [7, 11) is -0.333. The molecule has 0 aliphatic heterocycles. The van der Waals surface area contributed by atoms with Crippen LogP contribution < -0.4 is 5.32 Å². The van der Waals surface area contributed by atoms with Gasteiger partial charge in [0.15, 0.2) is 0 Å². The van der Waals surface area contributed by atoms with Crippen LogP contribution in [0.2, 0.25) is 0 Å². The maximum Gasteiger partial charge on any atom is 0.395 e. The largest absolute Gasteiger partial charge is 0.414 e. The van der Waals surface area contributed by atoms with Gasteiger partial charge >= 0.3 is 8.69 Å². The van der Waals surface area contributed by atoms with E-state index in [0.29, 0.717) is 0 Å². The number of benzene rings is 2. The van der Waals surface area contributed by atoms with E-state index < -0.39 is 0 Å². The number of rotatable bonds is 6. The molecule has 2 aromatic carbocycles. The maximum atomic E-state index is 10.0. The molecule has 0 fully saturated rings. The zero-order chi connectivity index (χ0) is 12.6. The molecule has 0 radical (unpaired) electrons. The first-order chi connectivity index (χ1) is 8.92. The topological polar surface area (TPSA) is 38.3 Å². The Morgan fingerprint density at radius 2 is 2.00 bits per heavy atom. The SMILES string of the molecule is O=POC=CNCCc1cccc2ccccc12. The molecule has 0 aliphatic rings. The number of nitrogens with one attached hydrogen (secondary N) is 1. The highest BCUT2D eigenvalue weighted by atomic mass is 31.1. The number of fused-ring (bicyclic) bond motifs is 1.